The van der Waals surface area contributed by atoms with E-state index in [1.807, 2.05) is 18.2 Å². The van der Waals surface area contributed by atoms with Gasteiger partial charge in [0.15, 0.2) is 0 Å². The molecular weight excluding hydrogens is 267 g/mol. The molecule has 1 saturated heterocycles. The molecule has 1 aromatic rings. The lowest BCUT2D eigenvalue weighted by Crippen LogP contribution is -2.52. The number of hydrogen-bond acceptors (Lipinski definition) is 2. The van der Waals surface area contributed by atoms with E-state index in [-0.39, 0.29) is 0 Å². The third kappa shape index (κ3) is 3.39. The summed E-state index contributed by atoms with van der Waals surface area (Å²) in [5.74, 6) is 0.635. The summed E-state index contributed by atoms with van der Waals surface area (Å²) in [4.78, 5) is 2.50. The topological polar surface area (TPSA) is 15.3 Å². The van der Waals surface area contributed by atoms with Gasteiger partial charge in [-0.25, -0.2) is 0 Å². The number of nitrogens with zero attached hydrogens (tertiary/aromatic N) is 1. The van der Waals surface area contributed by atoms with Crippen LogP contribution in [0.15, 0.2) is 18.2 Å². The van der Waals surface area contributed by atoms with E-state index in [9.17, 15) is 0 Å². The largest absolute Gasteiger partial charge is 0.314 e. The van der Waals surface area contributed by atoms with E-state index in [0.717, 1.165) is 41.8 Å². The number of piperazine rings is 1. The molecule has 0 amide bonds. The van der Waals surface area contributed by atoms with Crippen molar-refractivity contribution in [1.29, 1.82) is 0 Å². The van der Waals surface area contributed by atoms with E-state index >= 15 is 0 Å². The van der Waals surface area contributed by atoms with Crippen LogP contribution >= 0.6 is 23.2 Å². The molecule has 0 radical (unpaired) electrons. The minimum atomic E-state index is 0.564. The molecule has 2 nitrogen and oxygen atoms in total. The van der Waals surface area contributed by atoms with E-state index in [2.05, 4.69) is 24.1 Å². The van der Waals surface area contributed by atoms with Gasteiger partial charge in [-0.2, -0.15) is 0 Å². The smallest absolute Gasteiger partial charge is 0.0452 e. The van der Waals surface area contributed by atoms with Gasteiger partial charge >= 0.3 is 0 Å². The summed E-state index contributed by atoms with van der Waals surface area (Å²) in [5.41, 5.74) is 1.12. The van der Waals surface area contributed by atoms with E-state index in [1.54, 1.807) is 0 Å². The highest BCUT2D eigenvalue weighted by Crippen LogP contribution is 2.24. The molecule has 0 aliphatic carbocycles. The number of rotatable bonds is 3. The fourth-order valence-corrected chi connectivity index (χ4v) is 2.88. The van der Waals surface area contributed by atoms with Crippen LogP contribution in [0.4, 0.5) is 0 Å². The SMILES string of the molecule is CC(C)C1CNCCN1Cc1cc(Cl)ccc1Cl. The molecule has 18 heavy (non-hydrogen) atoms. The summed E-state index contributed by atoms with van der Waals surface area (Å²) in [6.07, 6.45) is 0. The molecule has 0 saturated carbocycles. The Balaban J connectivity index is 2.13. The molecule has 1 N–H and O–H groups in total. The van der Waals surface area contributed by atoms with Gasteiger partial charge in [0.05, 0.1) is 0 Å². The standard InChI is InChI=1S/C14H20Cl2N2/c1-10(2)14-8-17-5-6-18(14)9-11-7-12(15)3-4-13(11)16/h3-4,7,10,14,17H,5-6,8-9H2,1-2H3. The average Bonchev–Trinajstić information content (AvgIpc) is 2.34. The van der Waals surface area contributed by atoms with Gasteiger partial charge in [-0.3, -0.25) is 4.90 Å². The minimum Gasteiger partial charge on any atom is -0.314 e. The van der Waals surface area contributed by atoms with Crippen LogP contribution < -0.4 is 5.32 Å². The van der Waals surface area contributed by atoms with E-state index in [1.165, 1.54) is 0 Å². The van der Waals surface area contributed by atoms with Gasteiger partial charge in [-0.1, -0.05) is 37.0 Å². The maximum Gasteiger partial charge on any atom is 0.0452 e. The first kappa shape index (κ1) is 14.1. The fourth-order valence-electron chi connectivity index (χ4n) is 2.50. The Morgan fingerprint density at radius 1 is 1.39 bits per heavy atom. The lowest BCUT2D eigenvalue weighted by atomic mass is 10.00. The fraction of sp³-hybridized carbons (Fsp3) is 0.571. The van der Waals surface area contributed by atoms with Crippen LogP contribution in [0.1, 0.15) is 19.4 Å². The van der Waals surface area contributed by atoms with Gasteiger partial charge in [0.1, 0.15) is 0 Å². The zero-order chi connectivity index (χ0) is 13.1. The van der Waals surface area contributed by atoms with E-state index < -0.39 is 0 Å². The Bertz CT molecular complexity index is 407. The van der Waals surface area contributed by atoms with Crippen LogP contribution in [0.2, 0.25) is 10.0 Å². The van der Waals surface area contributed by atoms with Crippen LogP contribution in [0.3, 0.4) is 0 Å². The van der Waals surface area contributed by atoms with Crippen molar-refractivity contribution < 1.29 is 0 Å². The lowest BCUT2D eigenvalue weighted by molar-refractivity contribution is 0.117. The van der Waals surface area contributed by atoms with Crippen molar-refractivity contribution in [1.82, 2.24) is 10.2 Å². The maximum absolute atomic E-state index is 6.24. The molecule has 0 bridgehead atoms. The highest BCUT2D eigenvalue weighted by molar-refractivity contribution is 6.33. The Morgan fingerprint density at radius 2 is 2.17 bits per heavy atom. The first-order valence-electron chi connectivity index (χ1n) is 6.46. The summed E-state index contributed by atoms with van der Waals surface area (Å²) in [7, 11) is 0. The molecule has 1 atom stereocenters. The van der Waals surface area contributed by atoms with Crippen molar-refractivity contribution in [2.45, 2.75) is 26.4 Å². The Kier molecular flexibility index (Phi) is 4.91. The third-order valence-corrected chi connectivity index (χ3v) is 4.15. The number of nitrogens with one attached hydrogen (secondary N) is 1. The normalized spacial score (nSPS) is 21.5. The van der Waals surface area contributed by atoms with Crippen LogP contribution in [0.5, 0.6) is 0 Å². The third-order valence-electron chi connectivity index (χ3n) is 3.55. The molecular formula is C14H20Cl2N2. The highest BCUT2D eigenvalue weighted by atomic mass is 35.5. The average molecular weight is 287 g/mol. The first-order valence-corrected chi connectivity index (χ1v) is 7.22. The number of benzene rings is 1. The summed E-state index contributed by atoms with van der Waals surface area (Å²) >= 11 is 12.3. The zero-order valence-corrected chi connectivity index (χ0v) is 12.4. The van der Waals surface area contributed by atoms with Crippen molar-refractivity contribution in [3.05, 3.63) is 33.8 Å². The molecule has 1 aliphatic heterocycles. The van der Waals surface area contributed by atoms with Gasteiger partial charge in [0.2, 0.25) is 0 Å². The van der Waals surface area contributed by atoms with Crippen molar-refractivity contribution in [3.8, 4) is 0 Å². The predicted octanol–water partition coefficient (Wildman–Crippen LogP) is 3.42. The molecule has 1 fully saturated rings. The second-order valence-corrected chi connectivity index (χ2v) is 6.07. The highest BCUT2D eigenvalue weighted by Gasteiger charge is 2.25. The number of halogens is 2. The molecule has 1 unspecified atom stereocenters. The van der Waals surface area contributed by atoms with E-state index in [4.69, 9.17) is 23.2 Å². The summed E-state index contributed by atoms with van der Waals surface area (Å²) in [6, 6.07) is 6.26. The van der Waals surface area contributed by atoms with Crippen LogP contribution in [-0.4, -0.2) is 30.6 Å². The number of hydrogen-bond donors (Lipinski definition) is 1. The van der Waals surface area contributed by atoms with Gasteiger partial charge in [-0.05, 0) is 29.7 Å². The molecule has 0 spiro atoms. The summed E-state index contributed by atoms with van der Waals surface area (Å²) in [5, 5.41) is 5.02. The maximum atomic E-state index is 6.24. The zero-order valence-electron chi connectivity index (χ0n) is 10.9. The van der Waals surface area contributed by atoms with Crippen molar-refractivity contribution in [2.75, 3.05) is 19.6 Å². The van der Waals surface area contributed by atoms with Crippen LogP contribution in [-0.2, 0) is 6.54 Å². The van der Waals surface area contributed by atoms with Gasteiger partial charge < -0.3 is 5.32 Å². The second-order valence-electron chi connectivity index (χ2n) is 5.22. The Hall–Kier alpha value is -0.280. The molecule has 0 aromatic heterocycles. The molecule has 1 aliphatic rings. The minimum absolute atomic E-state index is 0.564. The van der Waals surface area contributed by atoms with Crippen molar-refractivity contribution in [2.24, 2.45) is 5.92 Å². The van der Waals surface area contributed by atoms with Crippen molar-refractivity contribution in [3.63, 3.8) is 0 Å². The summed E-state index contributed by atoms with van der Waals surface area (Å²) < 4.78 is 0. The monoisotopic (exact) mass is 286 g/mol. The van der Waals surface area contributed by atoms with Gasteiger partial charge in [-0.15, -0.1) is 0 Å². The second kappa shape index (κ2) is 6.25. The summed E-state index contributed by atoms with van der Waals surface area (Å²) in [6.45, 7) is 8.57. The van der Waals surface area contributed by atoms with E-state index in [0.29, 0.717) is 12.0 Å². The van der Waals surface area contributed by atoms with Crippen molar-refractivity contribution >= 4 is 23.2 Å². The van der Waals surface area contributed by atoms with Crippen LogP contribution in [0, 0.1) is 5.92 Å². The van der Waals surface area contributed by atoms with Gasteiger partial charge in [0, 0.05) is 42.3 Å². The quantitative estimate of drug-likeness (QED) is 0.916. The lowest BCUT2D eigenvalue weighted by Gasteiger charge is -2.38. The first-order chi connectivity index (χ1) is 8.58. The molecule has 1 aromatic carbocycles. The molecule has 2 rings (SSSR count). The van der Waals surface area contributed by atoms with Crippen LogP contribution in [0.25, 0.3) is 0 Å². The molecule has 100 valence electrons. The predicted molar refractivity (Wildman–Crippen MR) is 78.4 cm³/mol. The Labute approximate surface area is 119 Å². The molecule has 4 heteroatoms. The van der Waals surface area contributed by atoms with Gasteiger partial charge in [0.25, 0.3) is 0 Å². The Morgan fingerprint density at radius 3 is 2.89 bits per heavy atom. The molecule has 1 heterocycles.